The summed E-state index contributed by atoms with van der Waals surface area (Å²) < 4.78 is 0. The third kappa shape index (κ3) is 3.29. The van der Waals surface area contributed by atoms with E-state index in [1.165, 1.54) is 0 Å². The van der Waals surface area contributed by atoms with Gasteiger partial charge in [-0.1, -0.05) is 5.92 Å². The van der Waals surface area contributed by atoms with Crippen LogP contribution in [0.2, 0.25) is 0 Å². The van der Waals surface area contributed by atoms with Crippen LogP contribution in [0.1, 0.15) is 28.8 Å². The van der Waals surface area contributed by atoms with Gasteiger partial charge in [0.25, 0.3) is 5.91 Å². The van der Waals surface area contributed by atoms with Crippen molar-refractivity contribution in [1.29, 1.82) is 0 Å². The highest BCUT2D eigenvalue weighted by atomic mass is 16.4. The molecule has 2 N–H and O–H groups in total. The maximum absolute atomic E-state index is 12.3. The molecule has 20 heavy (non-hydrogen) atoms. The zero-order chi connectivity index (χ0) is 14.5. The largest absolute Gasteiger partial charge is 0.465 e. The van der Waals surface area contributed by atoms with Crippen LogP contribution in [-0.2, 0) is 0 Å². The number of hydrogen-bond acceptors (Lipinski definition) is 2. The van der Waals surface area contributed by atoms with Gasteiger partial charge in [0.2, 0.25) is 0 Å². The Morgan fingerprint density at radius 3 is 2.35 bits per heavy atom. The van der Waals surface area contributed by atoms with E-state index in [4.69, 9.17) is 11.5 Å². The van der Waals surface area contributed by atoms with Crippen LogP contribution in [0.3, 0.4) is 0 Å². The van der Waals surface area contributed by atoms with E-state index < -0.39 is 6.09 Å². The molecule has 104 valence electrons. The molecule has 5 heteroatoms. The molecule has 0 saturated carbocycles. The Morgan fingerprint density at radius 2 is 1.85 bits per heavy atom. The summed E-state index contributed by atoms with van der Waals surface area (Å²) in [5.41, 5.74) is 1.35. The second-order valence-corrected chi connectivity index (χ2v) is 4.74. The lowest BCUT2D eigenvalue weighted by molar-refractivity contribution is 0.0706. The first kappa shape index (κ1) is 13.9. The van der Waals surface area contributed by atoms with Crippen molar-refractivity contribution < 1.29 is 14.7 Å². The zero-order valence-corrected chi connectivity index (χ0v) is 11.0. The summed E-state index contributed by atoms with van der Waals surface area (Å²) in [4.78, 5) is 24.6. The van der Waals surface area contributed by atoms with Crippen LogP contribution in [0.25, 0.3) is 0 Å². The van der Waals surface area contributed by atoms with Crippen molar-refractivity contribution in [3.05, 3.63) is 35.4 Å². The molecule has 1 fully saturated rings. The highest BCUT2D eigenvalue weighted by Crippen LogP contribution is 2.14. The predicted molar refractivity (Wildman–Crippen MR) is 74.5 cm³/mol. The molecule has 1 aliphatic heterocycles. The van der Waals surface area contributed by atoms with E-state index in [-0.39, 0.29) is 11.9 Å². The molecule has 0 aliphatic carbocycles. The average Bonchev–Trinajstić information content (AvgIpc) is 2.47. The van der Waals surface area contributed by atoms with Gasteiger partial charge in [-0.05, 0) is 37.1 Å². The minimum Gasteiger partial charge on any atom is -0.465 e. The molecular formula is C15H16N2O3. The molecule has 0 radical (unpaired) electrons. The number of benzene rings is 1. The Morgan fingerprint density at radius 1 is 1.25 bits per heavy atom. The molecule has 1 aromatic rings. The lowest BCUT2D eigenvalue weighted by Crippen LogP contribution is -2.46. The summed E-state index contributed by atoms with van der Waals surface area (Å²) in [6.45, 7) is 1.11. The quantitative estimate of drug-likeness (QED) is 0.802. The van der Waals surface area contributed by atoms with Crippen LogP contribution in [0, 0.1) is 12.3 Å². The summed E-state index contributed by atoms with van der Waals surface area (Å²) in [6, 6.07) is 6.86. The molecule has 1 heterocycles. The van der Waals surface area contributed by atoms with Gasteiger partial charge in [-0.2, -0.15) is 0 Å². The van der Waals surface area contributed by atoms with Gasteiger partial charge in [0, 0.05) is 30.3 Å². The highest BCUT2D eigenvalue weighted by molar-refractivity contribution is 5.94. The van der Waals surface area contributed by atoms with E-state index in [0.717, 1.165) is 5.56 Å². The second kappa shape index (κ2) is 6.11. The molecule has 0 unspecified atom stereocenters. The van der Waals surface area contributed by atoms with Crippen LogP contribution in [0.4, 0.5) is 4.79 Å². The van der Waals surface area contributed by atoms with Crippen LogP contribution in [0.15, 0.2) is 24.3 Å². The van der Waals surface area contributed by atoms with Crippen molar-refractivity contribution in [2.75, 3.05) is 13.1 Å². The summed E-state index contributed by atoms with van der Waals surface area (Å²) in [6.07, 6.45) is 5.54. The van der Waals surface area contributed by atoms with Gasteiger partial charge >= 0.3 is 6.09 Å². The van der Waals surface area contributed by atoms with Crippen LogP contribution in [0.5, 0.6) is 0 Å². The summed E-state index contributed by atoms with van der Waals surface area (Å²) in [7, 11) is 0. The standard InChI is InChI=1S/C15H16N2O3/c1-2-11-3-5-12(6-4-11)14(18)17-9-7-13(8-10-17)16-15(19)20/h1,3-6,13,16H,7-10H2,(H,19,20). The molecule has 2 rings (SSSR count). The Labute approximate surface area is 117 Å². The van der Waals surface area contributed by atoms with Gasteiger partial charge < -0.3 is 15.3 Å². The molecular weight excluding hydrogens is 256 g/mol. The zero-order valence-electron chi connectivity index (χ0n) is 11.0. The van der Waals surface area contributed by atoms with Crippen molar-refractivity contribution in [2.24, 2.45) is 0 Å². The van der Waals surface area contributed by atoms with Crippen LogP contribution < -0.4 is 5.32 Å². The van der Waals surface area contributed by atoms with Gasteiger partial charge in [0.1, 0.15) is 0 Å². The highest BCUT2D eigenvalue weighted by Gasteiger charge is 2.24. The van der Waals surface area contributed by atoms with Gasteiger partial charge in [-0.25, -0.2) is 4.79 Å². The van der Waals surface area contributed by atoms with Crippen molar-refractivity contribution >= 4 is 12.0 Å². The second-order valence-electron chi connectivity index (χ2n) is 4.74. The normalized spacial score (nSPS) is 15.4. The molecule has 5 nitrogen and oxygen atoms in total. The van der Waals surface area contributed by atoms with Gasteiger partial charge in [-0.3, -0.25) is 4.79 Å². The molecule has 0 atom stereocenters. The topological polar surface area (TPSA) is 69.6 Å². The van der Waals surface area contributed by atoms with Crippen molar-refractivity contribution in [1.82, 2.24) is 10.2 Å². The van der Waals surface area contributed by atoms with Gasteiger partial charge in [0.15, 0.2) is 0 Å². The molecule has 1 saturated heterocycles. The molecule has 0 bridgehead atoms. The summed E-state index contributed by atoms with van der Waals surface area (Å²) in [5, 5.41) is 11.1. The lowest BCUT2D eigenvalue weighted by atomic mass is 10.0. The average molecular weight is 272 g/mol. The molecule has 2 amide bonds. The fourth-order valence-corrected chi connectivity index (χ4v) is 2.29. The number of nitrogens with zero attached hydrogens (tertiary/aromatic N) is 1. The first-order chi connectivity index (χ1) is 9.60. The number of carbonyl (C=O) groups is 2. The number of rotatable bonds is 2. The van der Waals surface area contributed by atoms with Crippen molar-refractivity contribution in [3.63, 3.8) is 0 Å². The molecule has 0 spiro atoms. The van der Waals surface area contributed by atoms with E-state index in [2.05, 4.69) is 11.2 Å². The third-order valence-electron chi connectivity index (χ3n) is 3.41. The minimum absolute atomic E-state index is 0.0395. The monoisotopic (exact) mass is 272 g/mol. The fourth-order valence-electron chi connectivity index (χ4n) is 2.29. The number of nitrogens with one attached hydrogen (secondary N) is 1. The van der Waals surface area contributed by atoms with E-state index in [1.54, 1.807) is 29.2 Å². The number of carboxylic acid groups (broad SMARTS) is 1. The van der Waals surface area contributed by atoms with E-state index >= 15 is 0 Å². The Balaban J connectivity index is 1.94. The van der Waals surface area contributed by atoms with Gasteiger partial charge in [0.05, 0.1) is 0 Å². The first-order valence-electron chi connectivity index (χ1n) is 6.45. The maximum Gasteiger partial charge on any atom is 0.404 e. The predicted octanol–water partition coefficient (Wildman–Crippen LogP) is 1.54. The molecule has 1 aliphatic rings. The summed E-state index contributed by atoms with van der Waals surface area (Å²) >= 11 is 0. The number of carbonyl (C=O) groups excluding carboxylic acids is 1. The smallest absolute Gasteiger partial charge is 0.404 e. The minimum atomic E-state index is -1.01. The molecule has 0 aromatic heterocycles. The van der Waals surface area contributed by atoms with Crippen LogP contribution >= 0.6 is 0 Å². The molecule has 1 aromatic carbocycles. The Kier molecular flexibility index (Phi) is 4.26. The third-order valence-corrected chi connectivity index (χ3v) is 3.41. The van der Waals surface area contributed by atoms with E-state index in [9.17, 15) is 9.59 Å². The maximum atomic E-state index is 12.3. The fraction of sp³-hybridized carbons (Fsp3) is 0.333. The van der Waals surface area contributed by atoms with Crippen LogP contribution in [-0.4, -0.2) is 41.1 Å². The number of piperidine rings is 1. The van der Waals surface area contributed by atoms with Crippen molar-refractivity contribution in [2.45, 2.75) is 18.9 Å². The van der Waals surface area contributed by atoms with Crippen molar-refractivity contribution in [3.8, 4) is 12.3 Å². The van der Waals surface area contributed by atoms with E-state index in [0.29, 0.717) is 31.5 Å². The number of terminal acetylenes is 1. The lowest BCUT2D eigenvalue weighted by Gasteiger charge is -2.31. The van der Waals surface area contributed by atoms with E-state index in [1.807, 2.05) is 0 Å². The number of likely N-dealkylation sites (tertiary alicyclic amines) is 1. The van der Waals surface area contributed by atoms with Gasteiger partial charge in [-0.15, -0.1) is 6.42 Å². The first-order valence-corrected chi connectivity index (χ1v) is 6.45. The number of amides is 2. The summed E-state index contributed by atoms with van der Waals surface area (Å²) in [5.74, 6) is 2.47. The number of hydrogen-bond donors (Lipinski definition) is 2. The Hall–Kier alpha value is -2.48. The Bertz CT molecular complexity index is 537. The SMILES string of the molecule is C#Cc1ccc(C(=O)N2CCC(NC(=O)O)CC2)cc1.